The second-order valence-corrected chi connectivity index (χ2v) is 7.13. The molecule has 2 aliphatic rings. The van der Waals surface area contributed by atoms with Gasteiger partial charge in [-0.15, -0.1) is 0 Å². The molecule has 1 amide bonds. The molecule has 0 radical (unpaired) electrons. The van der Waals surface area contributed by atoms with Crippen LogP contribution >= 0.6 is 0 Å². The van der Waals surface area contributed by atoms with Gasteiger partial charge in [0.15, 0.2) is 5.78 Å². The van der Waals surface area contributed by atoms with E-state index in [2.05, 4.69) is 24.3 Å². The lowest BCUT2D eigenvalue weighted by Gasteiger charge is -2.31. The highest BCUT2D eigenvalue weighted by Crippen LogP contribution is 2.34. The fourth-order valence-electron chi connectivity index (χ4n) is 4.09. The molecule has 5 heteroatoms. The molecular formula is C20H27NO4. The van der Waals surface area contributed by atoms with Crippen LogP contribution in [0.3, 0.4) is 0 Å². The molecule has 1 saturated heterocycles. The minimum atomic E-state index is -0.505. The van der Waals surface area contributed by atoms with Gasteiger partial charge in [-0.2, -0.15) is 0 Å². The van der Waals surface area contributed by atoms with Crippen LogP contribution in [0.4, 0.5) is 4.79 Å². The Labute approximate surface area is 149 Å². The zero-order valence-electron chi connectivity index (χ0n) is 15.0. The molecular weight excluding hydrogens is 318 g/mol. The van der Waals surface area contributed by atoms with Crippen LogP contribution in [0.25, 0.3) is 0 Å². The van der Waals surface area contributed by atoms with E-state index in [1.165, 1.54) is 17.6 Å². The normalized spacial score (nSPS) is 29.7. The van der Waals surface area contributed by atoms with E-state index in [-0.39, 0.29) is 24.5 Å². The monoisotopic (exact) mass is 345 g/mol. The van der Waals surface area contributed by atoms with Gasteiger partial charge in [0.2, 0.25) is 0 Å². The number of carbonyl (C=O) groups is 2. The van der Waals surface area contributed by atoms with Crippen molar-refractivity contribution in [2.24, 2.45) is 0 Å². The van der Waals surface area contributed by atoms with Gasteiger partial charge in [-0.1, -0.05) is 30.3 Å². The van der Waals surface area contributed by atoms with Gasteiger partial charge < -0.3 is 9.47 Å². The molecule has 1 saturated carbocycles. The molecule has 25 heavy (non-hydrogen) atoms. The van der Waals surface area contributed by atoms with Crippen molar-refractivity contribution >= 4 is 11.9 Å². The van der Waals surface area contributed by atoms with Gasteiger partial charge in [0, 0.05) is 12.5 Å². The average molecular weight is 345 g/mol. The number of benzene rings is 1. The van der Waals surface area contributed by atoms with E-state index in [1.807, 2.05) is 13.0 Å². The highest BCUT2D eigenvalue weighted by molar-refractivity contribution is 5.91. The van der Waals surface area contributed by atoms with Crippen LogP contribution in [0.2, 0.25) is 0 Å². The SMILES string of the molecule is COC(=O)N1C(C)CC(=O)C1COC1CCC(c2ccccc2)CC1. The summed E-state index contributed by atoms with van der Waals surface area (Å²) in [7, 11) is 1.35. The maximum Gasteiger partial charge on any atom is 0.410 e. The highest BCUT2D eigenvalue weighted by atomic mass is 16.5. The quantitative estimate of drug-likeness (QED) is 0.838. The van der Waals surface area contributed by atoms with Crippen LogP contribution in [0.15, 0.2) is 30.3 Å². The first kappa shape index (κ1) is 17.9. The Kier molecular flexibility index (Phi) is 5.74. The summed E-state index contributed by atoms with van der Waals surface area (Å²) < 4.78 is 10.8. The Morgan fingerprint density at radius 3 is 2.48 bits per heavy atom. The van der Waals surface area contributed by atoms with Crippen molar-refractivity contribution in [3.05, 3.63) is 35.9 Å². The summed E-state index contributed by atoms with van der Waals surface area (Å²) in [6.07, 6.45) is 4.30. The summed E-state index contributed by atoms with van der Waals surface area (Å²) in [6, 6.07) is 9.98. The number of ether oxygens (including phenoxy) is 2. The van der Waals surface area contributed by atoms with Crippen LogP contribution in [-0.4, -0.2) is 48.7 Å². The molecule has 3 rings (SSSR count). The summed E-state index contributed by atoms with van der Waals surface area (Å²) in [5, 5.41) is 0. The highest BCUT2D eigenvalue weighted by Gasteiger charge is 2.42. The van der Waals surface area contributed by atoms with Crippen LogP contribution < -0.4 is 0 Å². The first-order chi connectivity index (χ1) is 12.1. The van der Waals surface area contributed by atoms with Gasteiger partial charge in [0.1, 0.15) is 6.04 Å². The van der Waals surface area contributed by atoms with Crippen molar-refractivity contribution in [3.8, 4) is 0 Å². The zero-order chi connectivity index (χ0) is 17.8. The Balaban J connectivity index is 1.51. The molecule has 1 aliphatic heterocycles. The van der Waals surface area contributed by atoms with Gasteiger partial charge in [-0.25, -0.2) is 4.79 Å². The van der Waals surface area contributed by atoms with Gasteiger partial charge in [-0.3, -0.25) is 9.69 Å². The second-order valence-electron chi connectivity index (χ2n) is 7.13. The third-order valence-electron chi connectivity index (χ3n) is 5.50. The fourth-order valence-corrected chi connectivity index (χ4v) is 4.09. The molecule has 1 aliphatic carbocycles. The van der Waals surface area contributed by atoms with Crippen molar-refractivity contribution < 1.29 is 19.1 Å². The number of ketones is 1. The molecule has 2 atom stereocenters. The predicted molar refractivity (Wildman–Crippen MR) is 94.5 cm³/mol. The van der Waals surface area contributed by atoms with Crippen molar-refractivity contribution in [3.63, 3.8) is 0 Å². The van der Waals surface area contributed by atoms with Gasteiger partial charge in [-0.05, 0) is 44.1 Å². The van der Waals surface area contributed by atoms with Crippen LogP contribution in [0, 0.1) is 0 Å². The number of methoxy groups -OCH3 is 1. The van der Waals surface area contributed by atoms with Crippen molar-refractivity contribution in [2.75, 3.05) is 13.7 Å². The molecule has 2 fully saturated rings. The lowest BCUT2D eigenvalue weighted by atomic mass is 9.83. The molecule has 0 aromatic heterocycles. The summed E-state index contributed by atoms with van der Waals surface area (Å²) in [5.74, 6) is 0.664. The zero-order valence-corrected chi connectivity index (χ0v) is 15.0. The third kappa shape index (κ3) is 4.03. The summed E-state index contributed by atoms with van der Waals surface area (Å²) in [6.45, 7) is 2.15. The van der Waals surface area contributed by atoms with E-state index in [9.17, 15) is 9.59 Å². The number of rotatable bonds is 4. The molecule has 5 nitrogen and oxygen atoms in total. The maximum atomic E-state index is 12.2. The first-order valence-electron chi connectivity index (χ1n) is 9.15. The van der Waals surface area contributed by atoms with E-state index >= 15 is 0 Å². The van der Waals surface area contributed by atoms with Crippen molar-refractivity contribution in [1.29, 1.82) is 0 Å². The third-order valence-corrected chi connectivity index (χ3v) is 5.50. The van der Waals surface area contributed by atoms with Crippen LogP contribution in [0.5, 0.6) is 0 Å². The first-order valence-corrected chi connectivity index (χ1v) is 9.15. The maximum absolute atomic E-state index is 12.2. The Hall–Kier alpha value is -1.88. The number of hydrogen-bond acceptors (Lipinski definition) is 4. The Morgan fingerprint density at radius 2 is 1.84 bits per heavy atom. The summed E-state index contributed by atoms with van der Waals surface area (Å²) in [4.78, 5) is 25.6. The van der Waals surface area contributed by atoms with E-state index in [1.54, 1.807) is 0 Å². The minimum absolute atomic E-state index is 0.0656. The van der Waals surface area contributed by atoms with Gasteiger partial charge >= 0.3 is 6.09 Å². The molecule has 0 spiro atoms. The number of Topliss-reactive ketones (excluding diaryl/α,β-unsaturated/α-hetero) is 1. The van der Waals surface area contributed by atoms with E-state index in [4.69, 9.17) is 9.47 Å². The largest absolute Gasteiger partial charge is 0.453 e. The molecule has 136 valence electrons. The molecule has 2 unspecified atom stereocenters. The summed E-state index contributed by atoms with van der Waals surface area (Å²) in [5.41, 5.74) is 1.40. The van der Waals surface area contributed by atoms with Crippen molar-refractivity contribution in [1.82, 2.24) is 4.90 Å². The Morgan fingerprint density at radius 1 is 1.16 bits per heavy atom. The topological polar surface area (TPSA) is 55.8 Å². The van der Waals surface area contributed by atoms with E-state index in [0.29, 0.717) is 12.3 Å². The smallest absolute Gasteiger partial charge is 0.410 e. The van der Waals surface area contributed by atoms with Crippen LogP contribution in [0.1, 0.15) is 50.5 Å². The molecule has 1 aromatic carbocycles. The number of amides is 1. The van der Waals surface area contributed by atoms with E-state index in [0.717, 1.165) is 25.7 Å². The standard InChI is InChI=1S/C20H27NO4/c1-14-12-19(22)18(21(14)20(23)24-2)13-25-17-10-8-16(9-11-17)15-6-4-3-5-7-15/h3-7,14,16-18H,8-13H2,1-2H3. The second kappa shape index (κ2) is 8.00. The number of carbonyl (C=O) groups excluding carboxylic acids is 2. The van der Waals surface area contributed by atoms with Crippen molar-refractivity contribution in [2.45, 2.75) is 63.1 Å². The van der Waals surface area contributed by atoms with Crippen LogP contribution in [-0.2, 0) is 14.3 Å². The number of hydrogen-bond donors (Lipinski definition) is 0. The fraction of sp³-hybridized carbons (Fsp3) is 0.600. The molecule has 0 N–H and O–H groups in total. The number of likely N-dealkylation sites (tertiary alicyclic amines) is 1. The Bertz CT molecular complexity index is 595. The minimum Gasteiger partial charge on any atom is -0.453 e. The average Bonchev–Trinajstić information content (AvgIpc) is 2.93. The lowest BCUT2D eigenvalue weighted by molar-refractivity contribution is -0.122. The molecule has 1 aromatic rings. The molecule has 1 heterocycles. The number of nitrogens with zero attached hydrogens (tertiary/aromatic N) is 1. The summed E-state index contributed by atoms with van der Waals surface area (Å²) >= 11 is 0. The molecule has 0 bridgehead atoms. The van der Waals surface area contributed by atoms with Gasteiger partial charge in [0.25, 0.3) is 0 Å². The predicted octanol–water partition coefficient (Wildman–Crippen LogP) is 3.53. The van der Waals surface area contributed by atoms with Gasteiger partial charge in [0.05, 0.1) is 19.8 Å². The lowest BCUT2D eigenvalue weighted by Crippen LogP contribution is -2.44. The van der Waals surface area contributed by atoms with E-state index < -0.39 is 12.1 Å².